The van der Waals surface area contributed by atoms with E-state index < -0.39 is 23.8 Å². The number of imidazole rings is 1. The number of nitrogens with zero attached hydrogens (tertiary/aromatic N) is 1. The van der Waals surface area contributed by atoms with E-state index in [4.69, 9.17) is 4.74 Å². The van der Waals surface area contributed by atoms with Gasteiger partial charge in [-0.25, -0.2) is 9.78 Å². The molecule has 2 aromatic carbocycles. The molecule has 0 radical (unpaired) electrons. The zero-order valence-electron chi connectivity index (χ0n) is 18.7. The smallest absolute Gasteiger partial charge is 0.328 e. The van der Waals surface area contributed by atoms with Crippen molar-refractivity contribution in [1.82, 2.24) is 20.6 Å². The van der Waals surface area contributed by atoms with Gasteiger partial charge < -0.3 is 20.4 Å². The number of esters is 1. The van der Waals surface area contributed by atoms with Crippen LogP contribution in [0.15, 0.2) is 67.0 Å². The Balaban J connectivity index is 1.64. The molecule has 0 bridgehead atoms. The van der Waals surface area contributed by atoms with Gasteiger partial charge in [0.25, 0.3) is 11.8 Å². The molecule has 0 fully saturated rings. The molecule has 0 unspecified atom stereocenters. The third kappa shape index (κ3) is 7.03. The lowest BCUT2D eigenvalue weighted by Crippen LogP contribution is -2.43. The molecule has 1 heterocycles. The summed E-state index contributed by atoms with van der Waals surface area (Å²) in [5, 5.41) is 5.44. The van der Waals surface area contributed by atoms with Crippen LogP contribution in [0, 0.1) is 5.92 Å². The Morgan fingerprint density at radius 3 is 2.21 bits per heavy atom. The highest BCUT2D eigenvalue weighted by Crippen LogP contribution is 2.11. The Labute approximate surface area is 192 Å². The minimum absolute atomic E-state index is 0.0318. The van der Waals surface area contributed by atoms with Crippen molar-refractivity contribution >= 4 is 17.8 Å². The van der Waals surface area contributed by atoms with Crippen LogP contribution in [0.4, 0.5) is 0 Å². The van der Waals surface area contributed by atoms with Crippen LogP contribution in [0.5, 0.6) is 0 Å². The lowest BCUT2D eigenvalue weighted by atomic mass is 10.0. The molecule has 0 saturated heterocycles. The number of carbonyl (C=O) groups excluding carboxylic acids is 3. The van der Waals surface area contributed by atoms with Gasteiger partial charge in [-0.15, -0.1) is 0 Å². The Morgan fingerprint density at radius 1 is 0.939 bits per heavy atom. The van der Waals surface area contributed by atoms with E-state index in [1.165, 1.54) is 6.33 Å². The largest absolute Gasteiger partial charge is 0.459 e. The van der Waals surface area contributed by atoms with E-state index in [2.05, 4.69) is 20.6 Å². The first-order valence-electron chi connectivity index (χ1n) is 10.8. The van der Waals surface area contributed by atoms with Crippen LogP contribution in [0.3, 0.4) is 0 Å². The predicted molar refractivity (Wildman–Crippen MR) is 123 cm³/mol. The summed E-state index contributed by atoms with van der Waals surface area (Å²) >= 11 is 0. The van der Waals surface area contributed by atoms with Gasteiger partial charge in [-0.1, -0.05) is 74.5 Å². The fourth-order valence-corrected chi connectivity index (χ4v) is 3.25. The molecular weight excluding hydrogens is 420 g/mol. The lowest BCUT2D eigenvalue weighted by Gasteiger charge is -2.19. The van der Waals surface area contributed by atoms with Crippen LogP contribution in [-0.4, -0.2) is 33.8 Å². The summed E-state index contributed by atoms with van der Waals surface area (Å²) in [5.41, 5.74) is 1.73. The van der Waals surface area contributed by atoms with Crippen molar-refractivity contribution < 1.29 is 19.1 Å². The van der Waals surface area contributed by atoms with Crippen molar-refractivity contribution in [3.8, 4) is 0 Å². The summed E-state index contributed by atoms with van der Waals surface area (Å²) in [5.74, 6) is -1.49. The zero-order chi connectivity index (χ0) is 23.6. The number of hydrogen-bond donors (Lipinski definition) is 3. The molecule has 8 heteroatoms. The van der Waals surface area contributed by atoms with Gasteiger partial charge in [-0.3, -0.25) is 9.59 Å². The second-order valence-electron chi connectivity index (χ2n) is 8.04. The second-order valence-corrected chi connectivity index (χ2v) is 8.04. The highest BCUT2D eigenvalue weighted by Gasteiger charge is 2.27. The van der Waals surface area contributed by atoms with Crippen LogP contribution in [-0.2, 0) is 22.7 Å². The molecule has 8 nitrogen and oxygen atoms in total. The number of aromatic nitrogens is 2. The van der Waals surface area contributed by atoms with Crippen LogP contribution < -0.4 is 10.6 Å². The monoisotopic (exact) mass is 448 g/mol. The summed E-state index contributed by atoms with van der Waals surface area (Å²) in [6.07, 6.45) is 1.66. The summed E-state index contributed by atoms with van der Waals surface area (Å²) in [6, 6.07) is 17.9. The van der Waals surface area contributed by atoms with Gasteiger partial charge in [0.1, 0.15) is 18.3 Å². The molecule has 3 aromatic rings. The highest BCUT2D eigenvalue weighted by atomic mass is 16.5. The maximum absolute atomic E-state index is 12.9. The first-order valence-corrected chi connectivity index (χ1v) is 10.8. The van der Waals surface area contributed by atoms with Crippen molar-refractivity contribution in [3.63, 3.8) is 0 Å². The van der Waals surface area contributed by atoms with E-state index in [9.17, 15) is 14.4 Å². The molecule has 2 amide bonds. The van der Waals surface area contributed by atoms with Crippen molar-refractivity contribution in [2.45, 2.75) is 39.5 Å². The van der Waals surface area contributed by atoms with Gasteiger partial charge in [-0.2, -0.15) is 0 Å². The normalized spacial score (nSPS) is 11.6. The third-order valence-electron chi connectivity index (χ3n) is 4.90. The summed E-state index contributed by atoms with van der Waals surface area (Å²) in [7, 11) is 0. The molecule has 33 heavy (non-hydrogen) atoms. The number of ether oxygens (including phenoxy) is 1. The first kappa shape index (κ1) is 23.7. The van der Waals surface area contributed by atoms with Gasteiger partial charge in [-0.05, 0) is 23.5 Å². The summed E-state index contributed by atoms with van der Waals surface area (Å²) in [6.45, 7) is 4.31. The fraction of sp³-hybridized carbons (Fsp3) is 0.280. The molecular formula is C25H28N4O4. The quantitative estimate of drug-likeness (QED) is 0.412. The average molecular weight is 449 g/mol. The van der Waals surface area contributed by atoms with Crippen LogP contribution in [0.1, 0.15) is 52.4 Å². The van der Waals surface area contributed by atoms with Gasteiger partial charge in [0.15, 0.2) is 5.69 Å². The van der Waals surface area contributed by atoms with Crippen molar-refractivity contribution in [2.24, 2.45) is 5.92 Å². The molecule has 3 N–H and O–H groups in total. The maximum Gasteiger partial charge on any atom is 0.328 e. The van der Waals surface area contributed by atoms with Crippen LogP contribution in [0.2, 0.25) is 0 Å². The molecule has 172 valence electrons. The standard InChI is InChI=1S/C25H28N4O4/c1-17(2)13-20(25(32)33-15-19-11-7-4-8-12-19)29-24(31)22-21(27-16-28-22)23(30)26-14-18-9-5-3-6-10-18/h3-12,16-17,20H,13-15H2,1-2H3,(H,26,30)(H,27,28)(H,29,31)/t20-/m0/s1. The van der Waals surface area contributed by atoms with Gasteiger partial charge >= 0.3 is 5.97 Å². The fourth-order valence-electron chi connectivity index (χ4n) is 3.25. The van der Waals surface area contributed by atoms with Crippen molar-refractivity contribution in [1.29, 1.82) is 0 Å². The minimum Gasteiger partial charge on any atom is -0.459 e. The number of carbonyl (C=O) groups is 3. The van der Waals surface area contributed by atoms with E-state index in [0.717, 1.165) is 11.1 Å². The van der Waals surface area contributed by atoms with Gasteiger partial charge in [0, 0.05) is 6.54 Å². The van der Waals surface area contributed by atoms with Crippen LogP contribution in [0.25, 0.3) is 0 Å². The number of hydrogen-bond acceptors (Lipinski definition) is 5. The van der Waals surface area contributed by atoms with Crippen molar-refractivity contribution in [2.75, 3.05) is 0 Å². The molecule has 1 atom stereocenters. The molecule has 0 aliphatic rings. The number of benzene rings is 2. The average Bonchev–Trinajstić information content (AvgIpc) is 3.32. The molecule has 1 aromatic heterocycles. The van der Waals surface area contributed by atoms with E-state index >= 15 is 0 Å². The van der Waals surface area contributed by atoms with Crippen molar-refractivity contribution in [3.05, 3.63) is 89.5 Å². The molecule has 3 rings (SSSR count). The number of H-pyrrole nitrogens is 1. The summed E-state index contributed by atoms with van der Waals surface area (Å²) in [4.78, 5) is 44.9. The van der Waals surface area contributed by atoms with Gasteiger partial charge in [0.05, 0.1) is 6.33 Å². The SMILES string of the molecule is CC(C)C[C@H](NC(=O)c1nc[nH]c1C(=O)NCc1ccccc1)C(=O)OCc1ccccc1. The number of aromatic amines is 1. The third-order valence-corrected chi connectivity index (χ3v) is 4.90. The minimum atomic E-state index is -0.863. The Hall–Kier alpha value is -3.94. The predicted octanol–water partition coefficient (Wildman–Crippen LogP) is 3.23. The molecule has 0 aliphatic heterocycles. The Kier molecular flexibility index (Phi) is 8.35. The number of nitrogens with one attached hydrogen (secondary N) is 3. The number of amides is 2. The summed E-state index contributed by atoms with van der Waals surface area (Å²) < 4.78 is 5.41. The van der Waals surface area contributed by atoms with E-state index in [0.29, 0.717) is 13.0 Å². The first-order chi connectivity index (χ1) is 15.9. The molecule has 0 spiro atoms. The van der Waals surface area contributed by atoms with E-state index in [-0.39, 0.29) is 23.9 Å². The molecule has 0 aliphatic carbocycles. The maximum atomic E-state index is 12.9. The molecule has 0 saturated carbocycles. The van der Waals surface area contributed by atoms with E-state index in [1.54, 1.807) is 0 Å². The topological polar surface area (TPSA) is 113 Å². The lowest BCUT2D eigenvalue weighted by molar-refractivity contribution is -0.147. The highest BCUT2D eigenvalue weighted by molar-refractivity contribution is 6.05. The Bertz CT molecular complexity index is 1060. The van der Waals surface area contributed by atoms with Crippen LogP contribution >= 0.6 is 0 Å². The van der Waals surface area contributed by atoms with Gasteiger partial charge in [0.2, 0.25) is 0 Å². The zero-order valence-corrected chi connectivity index (χ0v) is 18.7. The second kappa shape index (κ2) is 11.6. The van der Waals surface area contributed by atoms with E-state index in [1.807, 2.05) is 74.5 Å². The number of rotatable bonds is 10. The Morgan fingerprint density at radius 2 is 1.58 bits per heavy atom.